The monoisotopic (exact) mass is 494 g/mol. The number of hydrogen-bond acceptors (Lipinski definition) is 6. The lowest BCUT2D eigenvalue weighted by molar-refractivity contribution is -0.709. The molecule has 4 heterocycles. The second-order valence-electron chi connectivity index (χ2n) is 7.41. The molecule has 0 saturated carbocycles. The van der Waals surface area contributed by atoms with Crippen molar-refractivity contribution in [2.45, 2.75) is 25.1 Å². The summed E-state index contributed by atoms with van der Waals surface area (Å²) in [5.74, 6) is -1.68. The molecule has 166 valence electrons. The normalized spacial score (nSPS) is 27.5. The topological polar surface area (TPSA) is 77.7 Å². The molecule has 0 aromatic carbocycles. The van der Waals surface area contributed by atoms with Crippen molar-refractivity contribution in [3.05, 3.63) is 23.9 Å². The smallest absolute Gasteiger partial charge is 0.475 e. The Kier molecular flexibility index (Phi) is 7.00. The second kappa shape index (κ2) is 9.16. The third kappa shape index (κ3) is 4.93. The van der Waals surface area contributed by atoms with Gasteiger partial charge in [0, 0.05) is 48.2 Å². The number of likely N-dealkylation sites (tertiary alicyclic amines) is 1. The zero-order valence-corrected chi connectivity index (χ0v) is 18.1. The van der Waals surface area contributed by atoms with E-state index < -0.39 is 12.1 Å². The Bertz CT molecular complexity index is 784. The van der Waals surface area contributed by atoms with E-state index in [2.05, 4.69) is 44.0 Å². The van der Waals surface area contributed by atoms with E-state index in [9.17, 15) is 13.2 Å². The van der Waals surface area contributed by atoms with Gasteiger partial charge in [0.25, 0.3) is 4.74 Å². The number of carboxylic acid groups (broad SMARTS) is 1. The summed E-state index contributed by atoms with van der Waals surface area (Å²) in [4.78, 5) is 23.0. The zero-order chi connectivity index (χ0) is 21.9. The number of ether oxygens (including phenoxy) is 1. The lowest BCUT2D eigenvalue weighted by Crippen LogP contribution is -2.49. The van der Waals surface area contributed by atoms with Gasteiger partial charge in [-0.05, 0) is 12.8 Å². The number of quaternary nitrogens is 1. The maximum absolute atomic E-state index is 10.6. The van der Waals surface area contributed by atoms with Crippen molar-refractivity contribution in [3.8, 4) is 0 Å². The molecule has 0 amide bonds. The van der Waals surface area contributed by atoms with Crippen molar-refractivity contribution in [2.75, 3.05) is 46.4 Å². The van der Waals surface area contributed by atoms with Crippen molar-refractivity contribution in [3.63, 3.8) is 0 Å². The number of carboxylic acids is 1. The summed E-state index contributed by atoms with van der Waals surface area (Å²) < 4.78 is 38.7. The van der Waals surface area contributed by atoms with E-state index >= 15 is 0 Å². The number of rotatable bonds is 2. The first-order valence-electron chi connectivity index (χ1n) is 9.56. The summed E-state index contributed by atoms with van der Waals surface area (Å²) in [6, 6.07) is 0.690. The SMILES string of the molecule is C[N+]12C=CN=CC1=C(N1CCC(N3CCOCC3)CC1)N=C2Br.O=C(O)C(F)(F)F. The molecular formula is C18H24BrF3N5O3+. The number of nitrogens with zero attached hydrogens (tertiary/aromatic N) is 5. The Hall–Kier alpha value is -1.76. The molecule has 1 N–H and O–H groups in total. The lowest BCUT2D eigenvalue weighted by atomic mass is 10.0. The van der Waals surface area contributed by atoms with Gasteiger partial charge in [-0.1, -0.05) is 0 Å². The van der Waals surface area contributed by atoms with Crippen LogP contribution >= 0.6 is 15.9 Å². The van der Waals surface area contributed by atoms with Crippen LogP contribution in [-0.4, -0.2) is 95.0 Å². The third-order valence-corrected chi connectivity index (χ3v) is 6.44. The van der Waals surface area contributed by atoms with Gasteiger partial charge in [0.2, 0.25) is 5.70 Å². The molecule has 0 radical (unpaired) electrons. The average Bonchev–Trinajstić information content (AvgIpc) is 2.99. The van der Waals surface area contributed by atoms with Gasteiger partial charge in [-0.2, -0.15) is 18.2 Å². The first-order valence-corrected chi connectivity index (χ1v) is 10.4. The van der Waals surface area contributed by atoms with Gasteiger partial charge in [0.1, 0.15) is 6.20 Å². The number of fused-ring (bicyclic) bond motifs is 1. The average molecular weight is 495 g/mol. The van der Waals surface area contributed by atoms with Gasteiger partial charge in [-0.15, -0.1) is 0 Å². The Morgan fingerprint density at radius 1 is 1.27 bits per heavy atom. The van der Waals surface area contributed by atoms with Crippen molar-refractivity contribution in [2.24, 2.45) is 9.98 Å². The first kappa shape index (κ1) is 22.9. The van der Waals surface area contributed by atoms with Crippen LogP contribution in [0.4, 0.5) is 13.2 Å². The summed E-state index contributed by atoms with van der Waals surface area (Å²) in [7, 11) is 2.14. The quantitative estimate of drug-likeness (QED) is 0.470. The summed E-state index contributed by atoms with van der Waals surface area (Å²) in [6.07, 6.45) is 3.16. The summed E-state index contributed by atoms with van der Waals surface area (Å²) in [6.45, 7) is 6.03. The molecule has 1 unspecified atom stereocenters. The molecule has 4 aliphatic heterocycles. The van der Waals surface area contributed by atoms with E-state index in [0.717, 1.165) is 55.7 Å². The van der Waals surface area contributed by atoms with E-state index in [-0.39, 0.29) is 0 Å². The van der Waals surface area contributed by atoms with E-state index in [1.807, 2.05) is 12.4 Å². The fraction of sp³-hybridized carbons (Fsp3) is 0.611. The summed E-state index contributed by atoms with van der Waals surface area (Å²) in [5, 5.41) is 7.12. The highest BCUT2D eigenvalue weighted by Crippen LogP contribution is 2.35. The number of allylic oxidation sites excluding steroid dienone is 1. The molecule has 0 aromatic rings. The molecule has 30 heavy (non-hydrogen) atoms. The van der Waals surface area contributed by atoms with E-state index in [0.29, 0.717) is 10.5 Å². The van der Waals surface area contributed by atoms with E-state index in [1.165, 1.54) is 12.8 Å². The molecule has 0 aliphatic carbocycles. The van der Waals surface area contributed by atoms with Crippen LogP contribution in [0.1, 0.15) is 12.8 Å². The van der Waals surface area contributed by atoms with E-state index in [1.54, 1.807) is 0 Å². The third-order valence-electron chi connectivity index (χ3n) is 5.53. The van der Waals surface area contributed by atoms with Crippen LogP contribution in [0, 0.1) is 0 Å². The summed E-state index contributed by atoms with van der Waals surface area (Å²) in [5.41, 5.74) is 1.16. The highest BCUT2D eigenvalue weighted by molar-refractivity contribution is 9.18. The Morgan fingerprint density at radius 3 is 2.43 bits per heavy atom. The zero-order valence-electron chi connectivity index (χ0n) is 16.5. The molecule has 8 nitrogen and oxygen atoms in total. The first-order chi connectivity index (χ1) is 14.1. The Balaban J connectivity index is 0.000000318. The minimum absolute atomic E-state index is 0.586. The van der Waals surface area contributed by atoms with Gasteiger partial charge < -0.3 is 14.7 Å². The van der Waals surface area contributed by atoms with Gasteiger partial charge >= 0.3 is 12.1 Å². The molecule has 0 spiro atoms. The fourth-order valence-corrected chi connectivity index (χ4v) is 4.26. The number of carbonyl (C=O) groups is 1. The predicted octanol–water partition coefficient (Wildman–Crippen LogP) is 2.35. The van der Waals surface area contributed by atoms with E-state index in [4.69, 9.17) is 19.6 Å². The number of hydrogen-bond donors (Lipinski definition) is 1. The molecule has 0 aromatic heterocycles. The lowest BCUT2D eigenvalue weighted by Gasteiger charge is -2.40. The second-order valence-corrected chi connectivity index (χ2v) is 8.12. The molecule has 4 rings (SSSR count). The molecule has 12 heteroatoms. The van der Waals surface area contributed by atoms with Crippen LogP contribution in [0.25, 0.3) is 0 Å². The van der Waals surface area contributed by atoms with Gasteiger partial charge in [-0.3, -0.25) is 9.89 Å². The number of morpholine rings is 1. The fourth-order valence-electron chi connectivity index (χ4n) is 3.78. The number of amidine groups is 1. The predicted molar refractivity (Wildman–Crippen MR) is 108 cm³/mol. The molecule has 0 bridgehead atoms. The Morgan fingerprint density at radius 2 is 1.87 bits per heavy atom. The van der Waals surface area contributed by atoms with Crippen molar-refractivity contribution in [1.29, 1.82) is 0 Å². The molecule has 1 atom stereocenters. The van der Waals surface area contributed by atoms with Gasteiger partial charge in [0.15, 0.2) is 5.82 Å². The number of aliphatic imine (C=N–C) groups is 2. The highest BCUT2D eigenvalue weighted by Gasteiger charge is 2.43. The van der Waals surface area contributed by atoms with Crippen LogP contribution in [0.5, 0.6) is 0 Å². The highest BCUT2D eigenvalue weighted by atomic mass is 79.9. The van der Waals surface area contributed by atoms with Crippen LogP contribution in [0.3, 0.4) is 0 Å². The van der Waals surface area contributed by atoms with Gasteiger partial charge in [0.05, 0.1) is 32.7 Å². The van der Waals surface area contributed by atoms with Crippen molar-refractivity contribution >= 4 is 32.9 Å². The minimum atomic E-state index is -5.08. The standard InChI is InChI=1S/C16H23BrN5O.C2HF3O2/c1-22-9-4-18-12-14(22)15(19-16(22)17)21-5-2-13(3-6-21)20-7-10-23-11-8-20;3-2(4,5)1(6)7/h4,9,12-13H,2-3,5-8,10-11H2,1H3;(H,6,7)/q+1;. The molecule has 4 aliphatic rings. The largest absolute Gasteiger partial charge is 0.490 e. The number of aliphatic carboxylic acids is 1. The number of alkyl halides is 3. The Labute approximate surface area is 180 Å². The molecular weight excluding hydrogens is 471 g/mol. The minimum Gasteiger partial charge on any atom is -0.475 e. The maximum atomic E-state index is 10.6. The molecule has 2 saturated heterocycles. The van der Waals surface area contributed by atoms with Crippen LogP contribution in [-0.2, 0) is 9.53 Å². The maximum Gasteiger partial charge on any atom is 0.490 e. The number of piperidine rings is 1. The van der Waals surface area contributed by atoms with Crippen LogP contribution in [0.2, 0.25) is 0 Å². The number of halogens is 4. The van der Waals surface area contributed by atoms with Crippen LogP contribution < -0.4 is 0 Å². The molecule has 2 fully saturated rings. The van der Waals surface area contributed by atoms with Crippen molar-refractivity contribution < 1.29 is 32.3 Å². The summed E-state index contributed by atoms with van der Waals surface area (Å²) >= 11 is 3.64. The van der Waals surface area contributed by atoms with Gasteiger partial charge in [-0.25, -0.2) is 9.28 Å². The van der Waals surface area contributed by atoms with Crippen molar-refractivity contribution in [1.82, 2.24) is 9.80 Å². The van der Waals surface area contributed by atoms with Crippen LogP contribution in [0.15, 0.2) is 33.9 Å².